The van der Waals surface area contributed by atoms with Gasteiger partial charge < -0.3 is 14.4 Å². The Hall–Kier alpha value is -2.30. The van der Waals surface area contributed by atoms with Gasteiger partial charge in [0.05, 0.1) is 11.0 Å². The number of furan rings is 1. The third-order valence-corrected chi connectivity index (χ3v) is 4.48. The SMILES string of the molecule is CCC1(C(=O)O)CCN(C(=O)c2coc3ccccc23)C1. The molecule has 5 nitrogen and oxygen atoms in total. The summed E-state index contributed by atoms with van der Waals surface area (Å²) in [6, 6.07) is 7.35. The Morgan fingerprint density at radius 1 is 1.38 bits per heavy atom. The lowest BCUT2D eigenvalue weighted by atomic mass is 9.84. The second kappa shape index (κ2) is 4.91. The number of likely N-dealkylation sites (tertiary alicyclic amines) is 1. The average molecular weight is 287 g/mol. The van der Waals surface area contributed by atoms with Gasteiger partial charge in [-0.1, -0.05) is 25.1 Å². The highest BCUT2D eigenvalue weighted by Gasteiger charge is 2.45. The van der Waals surface area contributed by atoms with Crippen LogP contribution in [0.2, 0.25) is 0 Å². The maximum Gasteiger partial charge on any atom is 0.311 e. The second-order valence-corrected chi connectivity index (χ2v) is 5.56. The Kier molecular flexibility index (Phi) is 3.20. The number of rotatable bonds is 3. The van der Waals surface area contributed by atoms with Crippen molar-refractivity contribution >= 4 is 22.8 Å². The summed E-state index contributed by atoms with van der Waals surface area (Å²) in [5.74, 6) is -0.978. The summed E-state index contributed by atoms with van der Waals surface area (Å²) in [6.45, 7) is 2.59. The van der Waals surface area contributed by atoms with Gasteiger partial charge in [-0.15, -0.1) is 0 Å². The molecular formula is C16H17NO4. The van der Waals surface area contributed by atoms with Crippen molar-refractivity contribution in [1.29, 1.82) is 0 Å². The normalized spacial score (nSPS) is 21.9. The molecule has 1 aliphatic heterocycles. The van der Waals surface area contributed by atoms with E-state index in [1.807, 2.05) is 31.2 Å². The predicted octanol–water partition coefficient (Wildman–Crippen LogP) is 2.76. The number of benzene rings is 1. The van der Waals surface area contributed by atoms with Gasteiger partial charge in [-0.05, 0) is 18.9 Å². The summed E-state index contributed by atoms with van der Waals surface area (Å²) in [5.41, 5.74) is 0.359. The fourth-order valence-corrected chi connectivity index (χ4v) is 2.97. The van der Waals surface area contributed by atoms with Crippen molar-refractivity contribution < 1.29 is 19.1 Å². The molecule has 0 radical (unpaired) electrons. The maximum absolute atomic E-state index is 12.6. The summed E-state index contributed by atoms with van der Waals surface area (Å²) in [7, 11) is 0. The minimum absolute atomic E-state index is 0.156. The third-order valence-electron chi connectivity index (χ3n) is 4.48. The molecule has 2 heterocycles. The number of fused-ring (bicyclic) bond motifs is 1. The van der Waals surface area contributed by atoms with Gasteiger partial charge in [0.15, 0.2) is 0 Å². The smallest absolute Gasteiger partial charge is 0.311 e. The molecule has 1 N–H and O–H groups in total. The summed E-state index contributed by atoms with van der Waals surface area (Å²) in [5, 5.41) is 10.2. The Labute approximate surface area is 122 Å². The summed E-state index contributed by atoms with van der Waals surface area (Å²) >= 11 is 0. The molecule has 5 heteroatoms. The minimum Gasteiger partial charge on any atom is -0.481 e. The number of nitrogens with zero attached hydrogens (tertiary/aromatic N) is 1. The highest BCUT2D eigenvalue weighted by molar-refractivity contribution is 6.06. The third kappa shape index (κ3) is 2.09. The molecule has 0 spiro atoms. The zero-order chi connectivity index (χ0) is 15.0. The molecule has 1 aromatic heterocycles. The first-order valence-electron chi connectivity index (χ1n) is 7.06. The Morgan fingerprint density at radius 3 is 2.81 bits per heavy atom. The van der Waals surface area contributed by atoms with Crippen molar-refractivity contribution in [2.75, 3.05) is 13.1 Å². The quantitative estimate of drug-likeness (QED) is 0.942. The van der Waals surface area contributed by atoms with Gasteiger partial charge in [-0.3, -0.25) is 9.59 Å². The zero-order valence-corrected chi connectivity index (χ0v) is 11.8. The van der Waals surface area contributed by atoms with Crippen LogP contribution in [0.5, 0.6) is 0 Å². The van der Waals surface area contributed by atoms with E-state index in [-0.39, 0.29) is 12.5 Å². The van der Waals surface area contributed by atoms with Crippen molar-refractivity contribution in [2.45, 2.75) is 19.8 Å². The summed E-state index contributed by atoms with van der Waals surface area (Å²) < 4.78 is 5.39. The van der Waals surface area contributed by atoms with Crippen LogP contribution in [0, 0.1) is 5.41 Å². The Bertz CT molecular complexity index is 705. The molecule has 3 rings (SSSR count). The Balaban J connectivity index is 1.89. The van der Waals surface area contributed by atoms with E-state index in [1.165, 1.54) is 6.26 Å². The first-order chi connectivity index (χ1) is 10.1. The molecule has 0 bridgehead atoms. The molecule has 110 valence electrons. The van der Waals surface area contributed by atoms with E-state index in [1.54, 1.807) is 4.90 Å². The molecule has 1 saturated heterocycles. The van der Waals surface area contributed by atoms with Gasteiger partial charge in [-0.25, -0.2) is 0 Å². The van der Waals surface area contributed by atoms with Gasteiger partial charge in [-0.2, -0.15) is 0 Å². The van der Waals surface area contributed by atoms with Crippen LogP contribution in [-0.2, 0) is 4.79 Å². The van der Waals surface area contributed by atoms with E-state index in [4.69, 9.17) is 4.42 Å². The van der Waals surface area contributed by atoms with Crippen LogP contribution in [0.15, 0.2) is 34.9 Å². The van der Waals surface area contributed by atoms with E-state index in [0.29, 0.717) is 30.5 Å². The van der Waals surface area contributed by atoms with Gasteiger partial charge >= 0.3 is 5.97 Å². The van der Waals surface area contributed by atoms with E-state index in [9.17, 15) is 14.7 Å². The summed E-state index contributed by atoms with van der Waals surface area (Å²) in [4.78, 5) is 25.7. The number of hydrogen-bond donors (Lipinski definition) is 1. The molecule has 1 aliphatic rings. The number of aliphatic carboxylic acids is 1. The lowest BCUT2D eigenvalue weighted by molar-refractivity contribution is -0.148. The second-order valence-electron chi connectivity index (χ2n) is 5.56. The molecule has 1 fully saturated rings. The van der Waals surface area contributed by atoms with E-state index in [2.05, 4.69) is 0 Å². The number of carboxylic acid groups (broad SMARTS) is 1. The molecule has 1 amide bonds. The lowest BCUT2D eigenvalue weighted by Crippen LogP contribution is -2.36. The van der Waals surface area contributed by atoms with Crippen molar-refractivity contribution in [1.82, 2.24) is 4.90 Å². The number of carboxylic acids is 1. The van der Waals surface area contributed by atoms with Crippen molar-refractivity contribution in [2.24, 2.45) is 5.41 Å². The van der Waals surface area contributed by atoms with E-state index < -0.39 is 11.4 Å². The van der Waals surface area contributed by atoms with Crippen LogP contribution >= 0.6 is 0 Å². The van der Waals surface area contributed by atoms with Crippen LogP contribution in [0.25, 0.3) is 11.0 Å². The molecular weight excluding hydrogens is 270 g/mol. The average Bonchev–Trinajstić information content (AvgIpc) is 3.12. The fraction of sp³-hybridized carbons (Fsp3) is 0.375. The van der Waals surface area contributed by atoms with E-state index >= 15 is 0 Å². The number of hydrogen-bond acceptors (Lipinski definition) is 3. The number of carbonyl (C=O) groups excluding carboxylic acids is 1. The van der Waals surface area contributed by atoms with Gasteiger partial charge in [0, 0.05) is 18.5 Å². The largest absolute Gasteiger partial charge is 0.481 e. The molecule has 2 aromatic rings. The Morgan fingerprint density at radius 2 is 2.14 bits per heavy atom. The molecule has 0 aliphatic carbocycles. The van der Waals surface area contributed by atoms with Crippen LogP contribution < -0.4 is 0 Å². The van der Waals surface area contributed by atoms with Crippen molar-refractivity contribution in [3.8, 4) is 0 Å². The predicted molar refractivity (Wildman–Crippen MR) is 77.1 cm³/mol. The number of carbonyl (C=O) groups is 2. The van der Waals surface area contributed by atoms with Gasteiger partial charge in [0.1, 0.15) is 11.8 Å². The minimum atomic E-state index is -0.822. The fourth-order valence-electron chi connectivity index (χ4n) is 2.97. The zero-order valence-electron chi connectivity index (χ0n) is 11.8. The van der Waals surface area contributed by atoms with E-state index in [0.717, 1.165) is 5.39 Å². The van der Waals surface area contributed by atoms with Gasteiger partial charge in [0.25, 0.3) is 5.91 Å². The molecule has 21 heavy (non-hydrogen) atoms. The highest BCUT2D eigenvalue weighted by atomic mass is 16.4. The van der Waals surface area contributed by atoms with Crippen LogP contribution in [0.4, 0.5) is 0 Å². The first kappa shape index (κ1) is 13.7. The molecule has 0 saturated carbocycles. The standard InChI is InChI=1S/C16H17NO4/c1-2-16(15(19)20)7-8-17(10-16)14(18)12-9-21-13-6-4-3-5-11(12)13/h3-6,9H,2,7-8,10H2,1H3,(H,19,20). The molecule has 1 unspecified atom stereocenters. The topological polar surface area (TPSA) is 70.8 Å². The van der Waals surface area contributed by atoms with Crippen molar-refractivity contribution in [3.63, 3.8) is 0 Å². The van der Waals surface area contributed by atoms with Crippen LogP contribution in [0.3, 0.4) is 0 Å². The monoisotopic (exact) mass is 287 g/mol. The van der Waals surface area contributed by atoms with Crippen molar-refractivity contribution in [3.05, 3.63) is 36.1 Å². The highest BCUT2D eigenvalue weighted by Crippen LogP contribution is 2.35. The van der Waals surface area contributed by atoms with Crippen LogP contribution in [0.1, 0.15) is 30.1 Å². The molecule has 1 atom stereocenters. The number of para-hydroxylation sites is 1. The first-order valence-corrected chi connectivity index (χ1v) is 7.06. The molecule has 1 aromatic carbocycles. The lowest BCUT2D eigenvalue weighted by Gasteiger charge is -2.22. The van der Waals surface area contributed by atoms with Gasteiger partial charge in [0.2, 0.25) is 0 Å². The summed E-state index contributed by atoms with van der Waals surface area (Å²) in [6.07, 6.45) is 2.48. The number of amides is 1. The maximum atomic E-state index is 12.6. The van der Waals surface area contributed by atoms with Crippen LogP contribution in [-0.4, -0.2) is 35.0 Å².